The predicted molar refractivity (Wildman–Crippen MR) is 113 cm³/mol. The van der Waals surface area contributed by atoms with Crippen LogP contribution in [-0.4, -0.2) is 33.7 Å². The first-order valence-corrected chi connectivity index (χ1v) is 10.3. The lowest BCUT2D eigenvalue weighted by Gasteiger charge is -2.26. The van der Waals surface area contributed by atoms with Crippen LogP contribution in [0.1, 0.15) is 35.3 Å². The molecule has 0 bridgehead atoms. The zero-order chi connectivity index (χ0) is 21.6. The first-order valence-electron chi connectivity index (χ1n) is 10.3. The van der Waals surface area contributed by atoms with Crippen LogP contribution in [0, 0.1) is 11.6 Å². The zero-order valence-corrected chi connectivity index (χ0v) is 17.1. The Bertz CT molecular complexity index is 1030. The highest BCUT2D eigenvalue weighted by atomic mass is 19.1. The van der Waals surface area contributed by atoms with Crippen LogP contribution in [0.4, 0.5) is 14.5 Å². The molecule has 1 aliphatic rings. The van der Waals surface area contributed by atoms with Crippen LogP contribution in [0.25, 0.3) is 0 Å². The first-order chi connectivity index (χ1) is 15.1. The number of carbonyl (C=O) groups is 1. The molecule has 4 rings (SSSR count). The number of hydrogen-bond donors (Lipinski definition) is 1. The Kier molecular flexibility index (Phi) is 6.57. The third kappa shape index (κ3) is 5.67. The van der Waals surface area contributed by atoms with Crippen LogP contribution in [0.3, 0.4) is 0 Å². The lowest BCUT2D eigenvalue weighted by molar-refractivity contribution is 0.102. The van der Waals surface area contributed by atoms with E-state index in [0.717, 1.165) is 31.8 Å². The summed E-state index contributed by atoms with van der Waals surface area (Å²) in [4.78, 5) is 14.9. The minimum Gasteiger partial charge on any atom is -0.468 e. The van der Waals surface area contributed by atoms with E-state index in [2.05, 4.69) is 15.3 Å². The summed E-state index contributed by atoms with van der Waals surface area (Å²) in [6.07, 6.45) is 5.37. The molecule has 0 saturated carbocycles. The summed E-state index contributed by atoms with van der Waals surface area (Å²) >= 11 is 0. The number of halogens is 2. The van der Waals surface area contributed by atoms with Gasteiger partial charge in [0.25, 0.3) is 5.91 Å². The van der Waals surface area contributed by atoms with Crippen LogP contribution in [0.2, 0.25) is 0 Å². The van der Waals surface area contributed by atoms with Crippen molar-refractivity contribution in [3.8, 4) is 5.75 Å². The van der Waals surface area contributed by atoms with Gasteiger partial charge in [0.1, 0.15) is 5.82 Å². The Balaban J connectivity index is 1.30. The highest BCUT2D eigenvalue weighted by molar-refractivity contribution is 6.02. The van der Waals surface area contributed by atoms with E-state index >= 15 is 0 Å². The number of hydrogen-bond acceptors (Lipinski definition) is 4. The van der Waals surface area contributed by atoms with E-state index in [4.69, 9.17) is 4.74 Å². The molecule has 162 valence electrons. The molecule has 0 spiro atoms. The number of amides is 1. The number of nitrogens with one attached hydrogen (secondary N) is 1. The van der Waals surface area contributed by atoms with Gasteiger partial charge >= 0.3 is 0 Å². The number of anilines is 1. The lowest BCUT2D eigenvalue weighted by Crippen LogP contribution is -2.29. The van der Waals surface area contributed by atoms with Crippen molar-refractivity contribution in [2.24, 2.45) is 0 Å². The summed E-state index contributed by atoms with van der Waals surface area (Å²) in [7, 11) is 0. The Hall–Kier alpha value is -3.26. The van der Waals surface area contributed by atoms with Crippen LogP contribution in [-0.2, 0) is 13.3 Å². The van der Waals surface area contributed by atoms with Crippen LogP contribution < -0.4 is 10.1 Å². The van der Waals surface area contributed by atoms with Crippen molar-refractivity contribution in [1.82, 2.24) is 14.7 Å². The molecule has 0 atom stereocenters. The molecule has 0 aliphatic carbocycles. The molecule has 0 radical (unpaired) electrons. The largest absolute Gasteiger partial charge is 0.468 e. The molecule has 2 heterocycles. The zero-order valence-electron chi connectivity index (χ0n) is 17.1. The van der Waals surface area contributed by atoms with Gasteiger partial charge in [-0.2, -0.15) is 5.10 Å². The molecule has 31 heavy (non-hydrogen) atoms. The van der Waals surface area contributed by atoms with E-state index in [1.165, 1.54) is 35.6 Å². The maximum Gasteiger partial charge on any atom is 0.276 e. The number of benzene rings is 2. The average molecular weight is 426 g/mol. The second-order valence-corrected chi connectivity index (χ2v) is 7.58. The molecule has 2 aromatic carbocycles. The topological polar surface area (TPSA) is 59.4 Å². The normalized spacial score (nSPS) is 14.4. The van der Waals surface area contributed by atoms with E-state index < -0.39 is 11.6 Å². The van der Waals surface area contributed by atoms with Gasteiger partial charge in [-0.1, -0.05) is 18.6 Å². The van der Waals surface area contributed by atoms with Gasteiger partial charge in [0.2, 0.25) is 0 Å². The molecule has 8 heteroatoms. The summed E-state index contributed by atoms with van der Waals surface area (Å²) in [6.45, 7) is 3.09. The monoisotopic (exact) mass is 426 g/mol. The summed E-state index contributed by atoms with van der Waals surface area (Å²) in [5.41, 5.74) is 2.11. The van der Waals surface area contributed by atoms with Gasteiger partial charge in [0.15, 0.2) is 24.0 Å². The van der Waals surface area contributed by atoms with Gasteiger partial charge in [-0.15, -0.1) is 0 Å². The number of carbonyl (C=O) groups excluding carboxylic acids is 1. The summed E-state index contributed by atoms with van der Waals surface area (Å²) in [6, 6.07) is 12.4. The van der Waals surface area contributed by atoms with Gasteiger partial charge in [-0.05, 0) is 61.8 Å². The van der Waals surface area contributed by atoms with Crippen LogP contribution >= 0.6 is 0 Å². The molecule has 3 aromatic rings. The van der Waals surface area contributed by atoms with Crippen molar-refractivity contribution in [1.29, 1.82) is 0 Å². The minimum atomic E-state index is -0.797. The molecule has 1 amide bonds. The maximum atomic E-state index is 13.6. The standard InChI is InChI=1S/C23H24F2N4O2/c24-18-6-9-22(20(25)14-18)31-16-29-13-10-21(27-29)23(30)26-19-7-4-17(5-8-19)15-28-11-2-1-3-12-28/h4-10,13-14H,1-3,11-12,15-16H2,(H,26,30). The lowest BCUT2D eigenvalue weighted by atomic mass is 10.1. The van der Waals surface area contributed by atoms with E-state index in [9.17, 15) is 13.6 Å². The molecule has 1 fully saturated rings. The smallest absolute Gasteiger partial charge is 0.276 e. The van der Waals surface area contributed by atoms with Crippen LogP contribution in [0.5, 0.6) is 5.75 Å². The second kappa shape index (κ2) is 9.70. The molecule has 0 unspecified atom stereocenters. The minimum absolute atomic E-state index is 0.0902. The Morgan fingerprint density at radius 2 is 1.81 bits per heavy atom. The predicted octanol–water partition coefficient (Wildman–Crippen LogP) is 4.44. The van der Waals surface area contributed by atoms with Gasteiger partial charge in [0, 0.05) is 24.5 Å². The van der Waals surface area contributed by atoms with Crippen LogP contribution in [0.15, 0.2) is 54.7 Å². The SMILES string of the molecule is O=C(Nc1ccc(CN2CCCCC2)cc1)c1ccn(COc2ccc(F)cc2F)n1. The maximum absolute atomic E-state index is 13.6. The molecule has 1 N–H and O–H groups in total. The summed E-state index contributed by atoms with van der Waals surface area (Å²) < 4.78 is 33.2. The van der Waals surface area contributed by atoms with E-state index in [-0.39, 0.29) is 24.1 Å². The third-order valence-electron chi connectivity index (χ3n) is 5.19. The summed E-state index contributed by atoms with van der Waals surface area (Å²) in [5.74, 6) is -1.92. The van der Waals surface area contributed by atoms with E-state index in [0.29, 0.717) is 5.69 Å². The molecular weight excluding hydrogens is 402 g/mol. The average Bonchev–Trinajstić information content (AvgIpc) is 3.25. The van der Waals surface area contributed by atoms with Gasteiger partial charge < -0.3 is 10.1 Å². The van der Waals surface area contributed by atoms with Gasteiger partial charge in [-0.3, -0.25) is 9.69 Å². The number of nitrogens with zero attached hydrogens (tertiary/aromatic N) is 3. The molecule has 6 nitrogen and oxygen atoms in total. The van der Waals surface area contributed by atoms with Crippen molar-refractivity contribution >= 4 is 11.6 Å². The molecule has 1 aromatic heterocycles. The van der Waals surface area contributed by atoms with E-state index in [1.54, 1.807) is 12.3 Å². The number of likely N-dealkylation sites (tertiary alicyclic amines) is 1. The van der Waals surface area contributed by atoms with E-state index in [1.807, 2.05) is 24.3 Å². The van der Waals surface area contributed by atoms with Crippen molar-refractivity contribution in [3.63, 3.8) is 0 Å². The number of piperidine rings is 1. The molecular formula is C23H24F2N4O2. The van der Waals surface area contributed by atoms with Crippen molar-refractivity contribution in [2.45, 2.75) is 32.5 Å². The highest BCUT2D eigenvalue weighted by Crippen LogP contribution is 2.18. The Morgan fingerprint density at radius 3 is 2.55 bits per heavy atom. The fraction of sp³-hybridized carbons (Fsp3) is 0.304. The number of ether oxygens (including phenoxy) is 1. The van der Waals surface area contributed by atoms with Crippen molar-refractivity contribution < 1.29 is 18.3 Å². The highest BCUT2D eigenvalue weighted by Gasteiger charge is 2.13. The second-order valence-electron chi connectivity index (χ2n) is 7.58. The Morgan fingerprint density at radius 1 is 1.03 bits per heavy atom. The fourth-order valence-electron chi connectivity index (χ4n) is 3.55. The Labute approximate surface area is 179 Å². The third-order valence-corrected chi connectivity index (χ3v) is 5.19. The number of rotatable bonds is 7. The van der Waals surface area contributed by atoms with Crippen molar-refractivity contribution in [2.75, 3.05) is 18.4 Å². The molecule has 1 aliphatic heterocycles. The molecule has 1 saturated heterocycles. The fourth-order valence-corrected chi connectivity index (χ4v) is 3.55. The summed E-state index contributed by atoms with van der Waals surface area (Å²) in [5, 5.41) is 6.96. The van der Waals surface area contributed by atoms with Gasteiger partial charge in [0.05, 0.1) is 0 Å². The van der Waals surface area contributed by atoms with Gasteiger partial charge in [-0.25, -0.2) is 13.5 Å². The quantitative estimate of drug-likeness (QED) is 0.607. The first kappa shape index (κ1) is 21.0. The number of aromatic nitrogens is 2. The van der Waals surface area contributed by atoms with Crippen molar-refractivity contribution in [3.05, 3.63) is 77.6 Å².